The molecule has 0 atom stereocenters. The zero-order valence-corrected chi connectivity index (χ0v) is 13.9. The van der Waals surface area contributed by atoms with Gasteiger partial charge in [0.25, 0.3) is 5.91 Å². The van der Waals surface area contributed by atoms with Gasteiger partial charge in [-0.3, -0.25) is 14.8 Å². The zero-order valence-electron chi connectivity index (χ0n) is 13.1. The molecule has 7 nitrogen and oxygen atoms in total. The Balaban J connectivity index is 1.56. The number of carbonyl (C=O) groups is 1. The van der Waals surface area contributed by atoms with Crippen LogP contribution in [0.3, 0.4) is 0 Å². The van der Waals surface area contributed by atoms with Crippen molar-refractivity contribution < 1.29 is 4.79 Å². The van der Waals surface area contributed by atoms with Gasteiger partial charge in [-0.2, -0.15) is 0 Å². The van der Waals surface area contributed by atoms with Crippen LogP contribution in [0.2, 0.25) is 0 Å². The van der Waals surface area contributed by atoms with Gasteiger partial charge in [-0.15, -0.1) is 11.3 Å². The number of pyridine rings is 1. The summed E-state index contributed by atoms with van der Waals surface area (Å²) in [5.41, 5.74) is 1.48. The highest BCUT2D eigenvalue weighted by Gasteiger charge is 2.16. The minimum atomic E-state index is -0.131. The number of nitrogens with one attached hydrogen (secondary N) is 2. The van der Waals surface area contributed by atoms with E-state index in [9.17, 15) is 4.79 Å². The molecule has 0 bridgehead atoms. The van der Waals surface area contributed by atoms with Gasteiger partial charge in [0.15, 0.2) is 0 Å². The summed E-state index contributed by atoms with van der Waals surface area (Å²) in [6.07, 6.45) is 6.57. The Morgan fingerprint density at radius 3 is 2.83 bits per heavy atom. The predicted octanol–water partition coefficient (Wildman–Crippen LogP) is 2.15. The van der Waals surface area contributed by atoms with Crippen LogP contribution in [-0.4, -0.2) is 38.9 Å². The Morgan fingerprint density at radius 2 is 2.08 bits per heavy atom. The van der Waals surface area contributed by atoms with Crippen molar-refractivity contribution in [1.82, 2.24) is 25.3 Å². The highest BCUT2D eigenvalue weighted by Crippen LogP contribution is 2.26. The first kappa shape index (κ1) is 16.0. The molecule has 8 heteroatoms. The number of aryl methyl sites for hydroxylation is 1. The lowest BCUT2D eigenvalue weighted by atomic mass is 10.3. The van der Waals surface area contributed by atoms with Crippen molar-refractivity contribution >= 4 is 23.1 Å². The van der Waals surface area contributed by atoms with Crippen molar-refractivity contribution in [3.8, 4) is 10.7 Å². The summed E-state index contributed by atoms with van der Waals surface area (Å²) >= 11 is 1.35. The number of hydrogen-bond acceptors (Lipinski definition) is 7. The number of nitrogens with zero attached hydrogens (tertiary/aromatic N) is 4. The molecule has 0 fully saturated rings. The standard InChI is InChI=1S/C16H16N6OS/c1-11-14(24-16(22-11)12-4-2-3-5-18-12)15(23)21-9-8-20-13-10-17-6-7-19-13/h2-7,10H,8-9H2,1H3,(H,19,20)(H,21,23). The molecule has 0 aliphatic rings. The Bertz CT molecular complexity index is 806. The van der Waals surface area contributed by atoms with Crippen LogP contribution in [0.4, 0.5) is 5.82 Å². The average Bonchev–Trinajstić information content (AvgIpc) is 3.02. The molecule has 3 heterocycles. The molecule has 0 spiro atoms. The third kappa shape index (κ3) is 3.90. The number of anilines is 1. The first-order valence-corrected chi connectivity index (χ1v) is 8.22. The molecule has 0 radical (unpaired) electrons. The van der Waals surface area contributed by atoms with E-state index in [1.807, 2.05) is 25.1 Å². The highest BCUT2D eigenvalue weighted by atomic mass is 32.1. The maximum Gasteiger partial charge on any atom is 0.263 e. The molecule has 0 aliphatic carbocycles. The van der Waals surface area contributed by atoms with E-state index < -0.39 is 0 Å². The number of thiazole rings is 1. The van der Waals surface area contributed by atoms with Crippen LogP contribution in [0.25, 0.3) is 10.7 Å². The molecule has 3 rings (SSSR count). The van der Waals surface area contributed by atoms with Crippen molar-refractivity contribution in [3.63, 3.8) is 0 Å². The zero-order chi connectivity index (χ0) is 16.8. The largest absolute Gasteiger partial charge is 0.367 e. The van der Waals surface area contributed by atoms with Crippen LogP contribution in [0.5, 0.6) is 0 Å². The van der Waals surface area contributed by atoms with Crippen LogP contribution >= 0.6 is 11.3 Å². The van der Waals surface area contributed by atoms with E-state index in [0.29, 0.717) is 29.5 Å². The van der Waals surface area contributed by atoms with E-state index in [-0.39, 0.29) is 5.91 Å². The quantitative estimate of drug-likeness (QED) is 0.668. The Labute approximate surface area is 143 Å². The molecule has 3 aromatic rings. The fourth-order valence-electron chi connectivity index (χ4n) is 2.04. The number of hydrogen-bond donors (Lipinski definition) is 2. The van der Waals surface area contributed by atoms with Gasteiger partial charge in [0.1, 0.15) is 15.7 Å². The normalized spacial score (nSPS) is 10.4. The lowest BCUT2D eigenvalue weighted by Crippen LogP contribution is -2.28. The molecular formula is C16H16N6OS. The molecule has 0 aliphatic heterocycles. The molecule has 0 saturated carbocycles. The van der Waals surface area contributed by atoms with Crippen molar-refractivity contribution in [2.45, 2.75) is 6.92 Å². The molecule has 0 aromatic carbocycles. The molecule has 24 heavy (non-hydrogen) atoms. The number of amides is 1. The van der Waals surface area contributed by atoms with Crippen molar-refractivity contribution in [1.29, 1.82) is 0 Å². The fraction of sp³-hybridized carbons (Fsp3) is 0.188. The molecule has 3 aromatic heterocycles. The van der Waals surface area contributed by atoms with Gasteiger partial charge in [0.05, 0.1) is 17.6 Å². The van der Waals surface area contributed by atoms with Gasteiger partial charge in [0.2, 0.25) is 0 Å². The van der Waals surface area contributed by atoms with E-state index >= 15 is 0 Å². The summed E-state index contributed by atoms with van der Waals surface area (Å²) in [6, 6.07) is 5.63. The van der Waals surface area contributed by atoms with Crippen LogP contribution in [0, 0.1) is 6.92 Å². The molecule has 0 unspecified atom stereocenters. The topological polar surface area (TPSA) is 92.7 Å². The van der Waals surface area contributed by atoms with E-state index in [0.717, 1.165) is 10.7 Å². The Hall–Kier alpha value is -2.87. The minimum Gasteiger partial charge on any atom is -0.367 e. The van der Waals surface area contributed by atoms with Crippen molar-refractivity contribution in [2.75, 3.05) is 18.4 Å². The fourth-order valence-corrected chi connectivity index (χ4v) is 3.00. The van der Waals surface area contributed by atoms with Gasteiger partial charge >= 0.3 is 0 Å². The average molecular weight is 340 g/mol. The van der Waals surface area contributed by atoms with E-state index in [1.54, 1.807) is 24.8 Å². The van der Waals surface area contributed by atoms with Crippen LogP contribution in [-0.2, 0) is 0 Å². The lowest BCUT2D eigenvalue weighted by Gasteiger charge is -2.06. The number of aromatic nitrogens is 4. The van der Waals surface area contributed by atoms with Crippen LogP contribution in [0.15, 0.2) is 43.0 Å². The Morgan fingerprint density at radius 1 is 1.17 bits per heavy atom. The van der Waals surface area contributed by atoms with Gasteiger partial charge in [-0.1, -0.05) is 6.07 Å². The third-order valence-electron chi connectivity index (χ3n) is 3.17. The third-order valence-corrected chi connectivity index (χ3v) is 4.35. The second-order valence-electron chi connectivity index (χ2n) is 4.92. The minimum absolute atomic E-state index is 0.131. The predicted molar refractivity (Wildman–Crippen MR) is 92.9 cm³/mol. The van der Waals surface area contributed by atoms with Gasteiger partial charge < -0.3 is 10.6 Å². The van der Waals surface area contributed by atoms with E-state index in [4.69, 9.17) is 0 Å². The molecule has 2 N–H and O–H groups in total. The highest BCUT2D eigenvalue weighted by molar-refractivity contribution is 7.17. The maximum absolute atomic E-state index is 12.3. The lowest BCUT2D eigenvalue weighted by molar-refractivity contribution is 0.0958. The van der Waals surface area contributed by atoms with E-state index in [2.05, 4.69) is 30.6 Å². The van der Waals surface area contributed by atoms with Gasteiger partial charge in [-0.05, 0) is 19.1 Å². The van der Waals surface area contributed by atoms with Gasteiger partial charge in [0, 0.05) is 31.7 Å². The summed E-state index contributed by atoms with van der Waals surface area (Å²) in [5.74, 6) is 0.547. The molecule has 0 saturated heterocycles. The number of rotatable bonds is 6. The van der Waals surface area contributed by atoms with Gasteiger partial charge in [-0.25, -0.2) is 9.97 Å². The molecular weight excluding hydrogens is 324 g/mol. The van der Waals surface area contributed by atoms with Crippen LogP contribution < -0.4 is 10.6 Å². The van der Waals surface area contributed by atoms with Crippen LogP contribution in [0.1, 0.15) is 15.4 Å². The smallest absolute Gasteiger partial charge is 0.263 e. The monoisotopic (exact) mass is 340 g/mol. The summed E-state index contributed by atoms with van der Waals surface area (Å²) in [7, 11) is 0. The second-order valence-corrected chi connectivity index (χ2v) is 5.92. The molecule has 1 amide bonds. The second kappa shape index (κ2) is 7.60. The number of carbonyl (C=O) groups excluding carboxylic acids is 1. The van der Waals surface area contributed by atoms with Crippen molar-refractivity contribution in [3.05, 3.63) is 53.6 Å². The maximum atomic E-state index is 12.3. The first-order valence-electron chi connectivity index (χ1n) is 7.41. The summed E-state index contributed by atoms with van der Waals surface area (Å²) < 4.78 is 0. The summed E-state index contributed by atoms with van der Waals surface area (Å²) in [5, 5.41) is 6.71. The first-order chi connectivity index (χ1) is 11.7. The SMILES string of the molecule is Cc1nc(-c2ccccn2)sc1C(=O)NCCNc1cnccn1. The van der Waals surface area contributed by atoms with E-state index in [1.165, 1.54) is 11.3 Å². The Kier molecular flexibility index (Phi) is 5.07. The summed E-state index contributed by atoms with van der Waals surface area (Å²) in [4.78, 5) is 29.7. The molecule has 122 valence electrons. The summed E-state index contributed by atoms with van der Waals surface area (Å²) in [6.45, 7) is 2.87. The van der Waals surface area contributed by atoms with Crippen molar-refractivity contribution in [2.24, 2.45) is 0 Å².